The summed E-state index contributed by atoms with van der Waals surface area (Å²) in [6.07, 6.45) is 4.52. The molecule has 0 radical (unpaired) electrons. The van der Waals surface area contributed by atoms with Gasteiger partial charge in [0.05, 0.1) is 6.61 Å². The van der Waals surface area contributed by atoms with Crippen LogP contribution in [-0.2, 0) is 9.53 Å². The Morgan fingerprint density at radius 3 is 2.82 bits per heavy atom. The molecule has 4 nitrogen and oxygen atoms in total. The summed E-state index contributed by atoms with van der Waals surface area (Å²) in [4.78, 5) is 11.6. The molecule has 0 aromatic rings. The first-order chi connectivity index (χ1) is 7.65. The summed E-state index contributed by atoms with van der Waals surface area (Å²) in [6.45, 7) is 6.43. The summed E-state index contributed by atoms with van der Waals surface area (Å²) in [5.41, 5.74) is 5.88. The van der Waals surface area contributed by atoms with Gasteiger partial charge in [0.15, 0.2) is 0 Å². The van der Waals surface area contributed by atoms with Crippen molar-refractivity contribution < 1.29 is 9.53 Å². The van der Waals surface area contributed by atoms with E-state index in [-0.39, 0.29) is 24.4 Å². The Morgan fingerprint density at radius 1 is 1.65 bits per heavy atom. The zero-order valence-corrected chi connectivity index (χ0v) is 11.2. The molecular weight excluding hydrogens is 240 g/mol. The lowest BCUT2D eigenvalue weighted by Gasteiger charge is -2.15. The largest absolute Gasteiger partial charge is 0.368 e. The first-order valence-corrected chi connectivity index (χ1v) is 5.91. The highest BCUT2D eigenvalue weighted by molar-refractivity contribution is 5.85. The number of carbonyl (C=O) groups is 1. The quantitative estimate of drug-likeness (QED) is 0.511. The van der Waals surface area contributed by atoms with E-state index in [2.05, 4.69) is 11.9 Å². The fourth-order valence-electron chi connectivity index (χ4n) is 1.46. The molecule has 0 saturated heterocycles. The Bertz CT molecular complexity index is 245. The van der Waals surface area contributed by atoms with Crippen molar-refractivity contribution in [1.29, 1.82) is 0 Å². The van der Waals surface area contributed by atoms with Crippen LogP contribution in [0.25, 0.3) is 0 Å². The number of carbonyl (C=O) groups excluding carboxylic acids is 1. The van der Waals surface area contributed by atoms with Crippen molar-refractivity contribution in [3.05, 3.63) is 12.7 Å². The van der Waals surface area contributed by atoms with Gasteiger partial charge >= 0.3 is 0 Å². The van der Waals surface area contributed by atoms with Crippen LogP contribution in [0.2, 0.25) is 0 Å². The van der Waals surface area contributed by atoms with Crippen LogP contribution in [0.4, 0.5) is 0 Å². The summed E-state index contributed by atoms with van der Waals surface area (Å²) in [5.74, 6) is 0.525. The first kappa shape index (κ1) is 16.4. The zero-order valence-electron chi connectivity index (χ0n) is 10.4. The van der Waals surface area contributed by atoms with Gasteiger partial charge in [0.25, 0.3) is 0 Å². The summed E-state index contributed by atoms with van der Waals surface area (Å²) in [6, 6.07) is 0.101. The van der Waals surface area contributed by atoms with Crippen LogP contribution in [-0.4, -0.2) is 31.2 Å². The number of halogens is 1. The standard InChI is InChI=1S/C12H22N2O2.ClH/c1-3-4-7-16-9(2)12(15)14-8-11(13)10-5-6-10;/h3,9-11H,1,4-8,13H2,2H3,(H,14,15);1H. The minimum atomic E-state index is -0.411. The van der Waals surface area contributed by atoms with Crippen molar-refractivity contribution in [1.82, 2.24) is 5.32 Å². The molecule has 3 N–H and O–H groups in total. The van der Waals surface area contributed by atoms with Gasteiger partial charge in [0.1, 0.15) is 6.10 Å². The molecule has 2 unspecified atom stereocenters. The minimum Gasteiger partial charge on any atom is -0.368 e. The lowest BCUT2D eigenvalue weighted by atomic mass is 10.2. The molecule has 100 valence electrons. The topological polar surface area (TPSA) is 64.3 Å². The maximum Gasteiger partial charge on any atom is 0.248 e. The van der Waals surface area contributed by atoms with Gasteiger partial charge < -0.3 is 15.8 Å². The number of nitrogens with two attached hydrogens (primary N) is 1. The van der Waals surface area contributed by atoms with Crippen molar-refractivity contribution in [2.45, 2.75) is 38.3 Å². The number of ether oxygens (including phenoxy) is 1. The Balaban J connectivity index is 0.00000256. The highest BCUT2D eigenvalue weighted by Gasteiger charge is 2.28. The third kappa shape index (κ3) is 6.66. The highest BCUT2D eigenvalue weighted by Crippen LogP contribution is 2.31. The molecule has 0 spiro atoms. The Hall–Kier alpha value is -0.580. The van der Waals surface area contributed by atoms with E-state index in [4.69, 9.17) is 10.5 Å². The summed E-state index contributed by atoms with van der Waals surface area (Å²) >= 11 is 0. The van der Waals surface area contributed by atoms with Crippen LogP contribution in [0.1, 0.15) is 26.2 Å². The average molecular weight is 263 g/mol. The third-order valence-corrected chi connectivity index (χ3v) is 2.80. The number of amides is 1. The SMILES string of the molecule is C=CCCOC(C)C(=O)NCC(N)C1CC1.Cl. The van der Waals surface area contributed by atoms with Crippen molar-refractivity contribution in [2.75, 3.05) is 13.2 Å². The van der Waals surface area contributed by atoms with Crippen LogP contribution in [0.3, 0.4) is 0 Å². The Morgan fingerprint density at radius 2 is 2.29 bits per heavy atom. The molecule has 1 aliphatic carbocycles. The van der Waals surface area contributed by atoms with E-state index in [1.807, 2.05) is 0 Å². The van der Waals surface area contributed by atoms with E-state index in [0.717, 1.165) is 6.42 Å². The lowest BCUT2D eigenvalue weighted by Crippen LogP contribution is -2.42. The molecule has 0 aliphatic heterocycles. The molecule has 1 aliphatic rings. The van der Waals surface area contributed by atoms with E-state index in [9.17, 15) is 4.79 Å². The van der Waals surface area contributed by atoms with Gasteiger partial charge in [-0.2, -0.15) is 0 Å². The van der Waals surface area contributed by atoms with Crippen LogP contribution in [0.5, 0.6) is 0 Å². The van der Waals surface area contributed by atoms with E-state index in [0.29, 0.717) is 19.1 Å². The van der Waals surface area contributed by atoms with Gasteiger partial charge in [-0.15, -0.1) is 19.0 Å². The predicted molar refractivity (Wildman–Crippen MR) is 71.2 cm³/mol. The number of nitrogens with one attached hydrogen (secondary N) is 1. The molecule has 5 heteroatoms. The average Bonchev–Trinajstić information content (AvgIpc) is 3.09. The molecule has 1 fully saturated rings. The van der Waals surface area contributed by atoms with E-state index < -0.39 is 6.10 Å². The van der Waals surface area contributed by atoms with Crippen LogP contribution < -0.4 is 11.1 Å². The fourth-order valence-corrected chi connectivity index (χ4v) is 1.46. The Labute approximate surface area is 109 Å². The second-order valence-corrected chi connectivity index (χ2v) is 4.34. The molecule has 17 heavy (non-hydrogen) atoms. The van der Waals surface area contributed by atoms with Crippen molar-refractivity contribution in [3.63, 3.8) is 0 Å². The number of hydrogen-bond acceptors (Lipinski definition) is 3. The normalized spacial score (nSPS) is 17.8. The van der Waals surface area contributed by atoms with E-state index >= 15 is 0 Å². The summed E-state index contributed by atoms with van der Waals surface area (Å²) in [5, 5.41) is 2.82. The number of hydrogen-bond donors (Lipinski definition) is 2. The third-order valence-electron chi connectivity index (χ3n) is 2.80. The second-order valence-electron chi connectivity index (χ2n) is 4.34. The second kappa shape index (κ2) is 8.50. The molecule has 1 rings (SSSR count). The van der Waals surface area contributed by atoms with Crippen molar-refractivity contribution in [3.8, 4) is 0 Å². The van der Waals surface area contributed by atoms with Gasteiger partial charge in [-0.25, -0.2) is 0 Å². The minimum absolute atomic E-state index is 0. The monoisotopic (exact) mass is 262 g/mol. The molecule has 1 saturated carbocycles. The molecule has 2 atom stereocenters. The lowest BCUT2D eigenvalue weighted by molar-refractivity contribution is -0.131. The van der Waals surface area contributed by atoms with Gasteiger partial charge in [0, 0.05) is 12.6 Å². The fraction of sp³-hybridized carbons (Fsp3) is 0.750. The number of rotatable bonds is 8. The summed E-state index contributed by atoms with van der Waals surface area (Å²) in [7, 11) is 0. The first-order valence-electron chi connectivity index (χ1n) is 5.91. The zero-order chi connectivity index (χ0) is 12.0. The van der Waals surface area contributed by atoms with E-state index in [1.54, 1.807) is 13.0 Å². The van der Waals surface area contributed by atoms with Crippen molar-refractivity contribution in [2.24, 2.45) is 11.7 Å². The molecule has 1 amide bonds. The molecule has 0 aromatic carbocycles. The molecule has 0 heterocycles. The Kier molecular flexibility index (Phi) is 8.21. The van der Waals surface area contributed by atoms with Crippen LogP contribution >= 0.6 is 12.4 Å². The molecular formula is C12H23ClN2O2. The van der Waals surface area contributed by atoms with Crippen LogP contribution in [0.15, 0.2) is 12.7 Å². The maximum atomic E-state index is 11.6. The van der Waals surface area contributed by atoms with Crippen molar-refractivity contribution >= 4 is 18.3 Å². The molecule has 0 aromatic heterocycles. The highest BCUT2D eigenvalue weighted by atomic mass is 35.5. The van der Waals surface area contributed by atoms with Gasteiger partial charge in [0.2, 0.25) is 5.91 Å². The van der Waals surface area contributed by atoms with Gasteiger partial charge in [-0.05, 0) is 32.1 Å². The van der Waals surface area contributed by atoms with E-state index in [1.165, 1.54) is 12.8 Å². The molecule has 0 bridgehead atoms. The van der Waals surface area contributed by atoms with Gasteiger partial charge in [-0.1, -0.05) is 6.08 Å². The smallest absolute Gasteiger partial charge is 0.248 e. The maximum absolute atomic E-state index is 11.6. The summed E-state index contributed by atoms with van der Waals surface area (Å²) < 4.78 is 5.33. The predicted octanol–water partition coefficient (Wildman–Crippen LogP) is 1.24. The van der Waals surface area contributed by atoms with Gasteiger partial charge in [-0.3, -0.25) is 4.79 Å². The van der Waals surface area contributed by atoms with Crippen LogP contribution in [0, 0.1) is 5.92 Å².